The predicted molar refractivity (Wildman–Crippen MR) is 81.0 cm³/mol. The normalized spacial score (nSPS) is 24.2. The van der Waals surface area contributed by atoms with Gasteiger partial charge in [0.15, 0.2) is 0 Å². The van der Waals surface area contributed by atoms with Crippen LogP contribution in [0.5, 0.6) is 0 Å². The Hall–Kier alpha value is -2.46. The Labute approximate surface area is 138 Å². The van der Waals surface area contributed by atoms with Gasteiger partial charge in [-0.15, -0.1) is 0 Å². The first kappa shape index (κ1) is 16.4. The van der Waals surface area contributed by atoms with Gasteiger partial charge >= 0.3 is 0 Å². The summed E-state index contributed by atoms with van der Waals surface area (Å²) in [5.74, 6) is -1.17. The first-order valence-electron chi connectivity index (χ1n) is 7.81. The van der Waals surface area contributed by atoms with E-state index < -0.39 is 24.0 Å². The Morgan fingerprint density at radius 1 is 1.50 bits per heavy atom. The van der Waals surface area contributed by atoms with Crippen molar-refractivity contribution in [3.05, 3.63) is 18.2 Å². The van der Waals surface area contributed by atoms with E-state index in [1.54, 1.807) is 6.20 Å². The zero-order chi connectivity index (χ0) is 17.1. The van der Waals surface area contributed by atoms with E-state index in [1.165, 1.54) is 11.2 Å². The van der Waals surface area contributed by atoms with Crippen molar-refractivity contribution in [3.63, 3.8) is 0 Å². The maximum absolute atomic E-state index is 12.9. The number of nitrogens with two attached hydrogens (primary N) is 1. The molecule has 1 aromatic rings. The highest BCUT2D eigenvalue weighted by atomic mass is 16.7. The highest BCUT2D eigenvalue weighted by Gasteiger charge is 2.38. The van der Waals surface area contributed by atoms with Crippen LogP contribution in [0.1, 0.15) is 18.5 Å². The summed E-state index contributed by atoms with van der Waals surface area (Å²) in [4.78, 5) is 49.6. The van der Waals surface area contributed by atoms with Crippen molar-refractivity contribution in [2.45, 2.75) is 37.4 Å². The average molecular weight is 336 g/mol. The summed E-state index contributed by atoms with van der Waals surface area (Å²) < 4.78 is 0. The van der Waals surface area contributed by atoms with E-state index >= 15 is 0 Å². The number of hydrogen-bond acceptors (Lipinski definition) is 6. The lowest BCUT2D eigenvalue weighted by molar-refractivity contribution is -0.151. The molecule has 0 unspecified atom stereocenters. The summed E-state index contributed by atoms with van der Waals surface area (Å²) in [5.41, 5.74) is 8.60. The second-order valence-corrected chi connectivity index (χ2v) is 5.92. The number of rotatable bonds is 6. The lowest BCUT2D eigenvalue weighted by Crippen LogP contribution is -2.60. The van der Waals surface area contributed by atoms with E-state index in [9.17, 15) is 14.4 Å². The summed E-state index contributed by atoms with van der Waals surface area (Å²) in [6.07, 6.45) is 4.60. The van der Waals surface area contributed by atoms with Gasteiger partial charge in [-0.25, -0.2) is 4.98 Å². The van der Waals surface area contributed by atoms with Crippen LogP contribution in [0.4, 0.5) is 0 Å². The summed E-state index contributed by atoms with van der Waals surface area (Å²) in [6.45, 7) is 0.705. The van der Waals surface area contributed by atoms with Crippen LogP contribution in [-0.2, 0) is 25.6 Å². The zero-order valence-corrected chi connectivity index (χ0v) is 13.0. The number of aromatic nitrogens is 2. The molecule has 2 aliphatic rings. The molecule has 0 radical (unpaired) electrons. The number of imidazole rings is 1. The Morgan fingerprint density at radius 3 is 2.88 bits per heavy atom. The van der Waals surface area contributed by atoms with Gasteiger partial charge in [-0.2, -0.15) is 5.48 Å². The van der Waals surface area contributed by atoms with Crippen LogP contribution in [0.2, 0.25) is 0 Å². The SMILES string of the molecule is NC(=O)[C@@H]1CCCN1C(=O)[C@H](Cc1cnc[nH]1)NC(=O)[C@@H]1CON1. The number of carbonyl (C=O) groups is 3. The van der Waals surface area contributed by atoms with Gasteiger partial charge in [0.1, 0.15) is 18.1 Å². The van der Waals surface area contributed by atoms with Gasteiger partial charge in [-0.05, 0) is 12.8 Å². The number of primary amides is 1. The number of carbonyl (C=O) groups excluding carboxylic acids is 3. The molecule has 24 heavy (non-hydrogen) atoms. The fraction of sp³-hybridized carbons (Fsp3) is 0.571. The van der Waals surface area contributed by atoms with Crippen LogP contribution >= 0.6 is 0 Å². The van der Waals surface area contributed by atoms with E-state index in [0.717, 1.165) is 0 Å². The summed E-state index contributed by atoms with van der Waals surface area (Å²) >= 11 is 0. The monoisotopic (exact) mass is 336 g/mol. The molecular formula is C14H20N6O4. The van der Waals surface area contributed by atoms with Gasteiger partial charge < -0.3 is 20.9 Å². The quantitative estimate of drug-likeness (QED) is 0.465. The standard InChI is InChI=1S/C14H20N6O4/c15-12(21)11-2-1-3-20(11)14(23)9(4-8-5-16-7-17-8)18-13(22)10-6-24-19-10/h5,7,9-11,19H,1-4,6H2,(H2,15,21)(H,16,17)(H,18,22)/t9-,10-,11-/m0/s1. The number of likely N-dealkylation sites (tertiary alicyclic amines) is 1. The molecule has 0 aliphatic carbocycles. The molecule has 0 saturated carbocycles. The van der Waals surface area contributed by atoms with Gasteiger partial charge in [-0.1, -0.05) is 0 Å². The van der Waals surface area contributed by atoms with Crippen LogP contribution in [0.3, 0.4) is 0 Å². The molecule has 0 bridgehead atoms. The van der Waals surface area contributed by atoms with Crippen molar-refractivity contribution in [1.29, 1.82) is 0 Å². The third kappa shape index (κ3) is 3.39. The van der Waals surface area contributed by atoms with Gasteiger partial charge in [0.05, 0.1) is 12.9 Å². The maximum Gasteiger partial charge on any atom is 0.246 e. The van der Waals surface area contributed by atoms with E-state index in [-0.39, 0.29) is 24.8 Å². The number of H-pyrrole nitrogens is 1. The first-order chi connectivity index (χ1) is 11.6. The fourth-order valence-electron chi connectivity index (χ4n) is 2.91. The topological polar surface area (TPSA) is 142 Å². The molecule has 3 heterocycles. The second kappa shape index (κ2) is 6.97. The lowest BCUT2D eigenvalue weighted by Gasteiger charge is -2.30. The largest absolute Gasteiger partial charge is 0.368 e. The van der Waals surface area contributed by atoms with Crippen molar-refractivity contribution < 1.29 is 19.2 Å². The smallest absolute Gasteiger partial charge is 0.246 e. The Kier molecular flexibility index (Phi) is 4.76. The fourth-order valence-corrected chi connectivity index (χ4v) is 2.91. The second-order valence-electron chi connectivity index (χ2n) is 5.92. The predicted octanol–water partition coefficient (Wildman–Crippen LogP) is -2.18. The molecule has 3 atom stereocenters. The first-order valence-corrected chi connectivity index (χ1v) is 7.81. The minimum absolute atomic E-state index is 0.250. The molecule has 3 amide bonds. The summed E-state index contributed by atoms with van der Waals surface area (Å²) in [5, 5.41) is 2.72. The van der Waals surface area contributed by atoms with Crippen LogP contribution < -0.4 is 16.5 Å². The number of aromatic amines is 1. The highest BCUT2D eigenvalue weighted by molar-refractivity contribution is 5.93. The maximum atomic E-state index is 12.9. The van der Waals surface area contributed by atoms with Gasteiger partial charge in [-0.3, -0.25) is 19.2 Å². The third-order valence-corrected chi connectivity index (χ3v) is 4.25. The molecule has 130 valence electrons. The third-order valence-electron chi connectivity index (χ3n) is 4.25. The van der Waals surface area contributed by atoms with Crippen molar-refractivity contribution in [2.24, 2.45) is 5.73 Å². The molecule has 0 spiro atoms. The van der Waals surface area contributed by atoms with Crippen LogP contribution in [-0.4, -0.2) is 63.9 Å². The Morgan fingerprint density at radius 2 is 2.29 bits per heavy atom. The zero-order valence-electron chi connectivity index (χ0n) is 13.0. The van der Waals surface area contributed by atoms with Gasteiger partial charge in [0.2, 0.25) is 17.7 Å². The van der Waals surface area contributed by atoms with E-state index in [2.05, 4.69) is 20.8 Å². The molecule has 2 fully saturated rings. The number of hydrogen-bond donors (Lipinski definition) is 4. The highest BCUT2D eigenvalue weighted by Crippen LogP contribution is 2.19. The molecule has 0 aromatic carbocycles. The van der Waals surface area contributed by atoms with E-state index in [0.29, 0.717) is 25.1 Å². The molecule has 5 N–H and O–H groups in total. The lowest BCUT2D eigenvalue weighted by atomic mass is 10.1. The van der Waals surface area contributed by atoms with Crippen molar-refractivity contribution in [1.82, 2.24) is 25.7 Å². The van der Waals surface area contributed by atoms with Gasteiger partial charge in [0, 0.05) is 24.9 Å². The minimum atomic E-state index is -0.805. The number of nitrogens with zero attached hydrogens (tertiary/aromatic N) is 2. The molecule has 2 saturated heterocycles. The van der Waals surface area contributed by atoms with Gasteiger partial charge in [0.25, 0.3) is 0 Å². The molecular weight excluding hydrogens is 316 g/mol. The minimum Gasteiger partial charge on any atom is -0.368 e. The van der Waals surface area contributed by atoms with Crippen LogP contribution in [0.15, 0.2) is 12.5 Å². The number of hydroxylamine groups is 1. The van der Waals surface area contributed by atoms with Crippen LogP contribution in [0, 0.1) is 0 Å². The number of amides is 3. The molecule has 10 nitrogen and oxygen atoms in total. The van der Waals surface area contributed by atoms with E-state index in [4.69, 9.17) is 10.6 Å². The van der Waals surface area contributed by atoms with Crippen molar-refractivity contribution >= 4 is 17.7 Å². The molecule has 10 heteroatoms. The molecule has 3 rings (SSSR count). The van der Waals surface area contributed by atoms with E-state index in [1.807, 2.05) is 0 Å². The number of nitrogens with one attached hydrogen (secondary N) is 3. The molecule has 2 aliphatic heterocycles. The average Bonchev–Trinajstić information content (AvgIpc) is 3.15. The Balaban J connectivity index is 1.73. The summed E-state index contributed by atoms with van der Waals surface area (Å²) in [7, 11) is 0. The Bertz CT molecular complexity index is 615. The van der Waals surface area contributed by atoms with Crippen molar-refractivity contribution in [3.8, 4) is 0 Å². The van der Waals surface area contributed by atoms with Crippen molar-refractivity contribution in [2.75, 3.05) is 13.2 Å². The van der Waals surface area contributed by atoms with Crippen LogP contribution in [0.25, 0.3) is 0 Å². The molecule has 1 aromatic heterocycles. The summed E-state index contributed by atoms with van der Waals surface area (Å²) in [6, 6.07) is -1.91.